The van der Waals surface area contributed by atoms with Crippen LogP contribution in [-0.2, 0) is 33.5 Å². The highest BCUT2D eigenvalue weighted by molar-refractivity contribution is 5.96. The van der Waals surface area contributed by atoms with E-state index in [0.29, 0.717) is 6.42 Å². The molecule has 0 saturated carbocycles. The zero-order valence-corrected chi connectivity index (χ0v) is 32.0. The molecular formula is C37H65N5O9. The number of amides is 5. The Morgan fingerprint density at radius 1 is 0.706 bits per heavy atom. The highest BCUT2D eigenvalue weighted by Gasteiger charge is 2.36. The third-order valence-corrected chi connectivity index (χ3v) is 8.83. The highest BCUT2D eigenvalue weighted by Crippen LogP contribution is 2.17. The molecule has 0 aliphatic carbocycles. The van der Waals surface area contributed by atoms with Crippen LogP contribution in [0.15, 0.2) is 12.2 Å². The number of aliphatic hydroxyl groups excluding tert-OH is 2. The number of carbonyl (C=O) groups excluding carboxylic acids is 6. The van der Waals surface area contributed by atoms with Crippen LogP contribution in [-0.4, -0.2) is 94.7 Å². The summed E-state index contributed by atoms with van der Waals surface area (Å²) >= 11 is 0. The van der Waals surface area contributed by atoms with Crippen molar-refractivity contribution < 1.29 is 43.7 Å². The Morgan fingerprint density at radius 3 is 1.80 bits per heavy atom. The number of cyclic esters (lactones) is 1. The van der Waals surface area contributed by atoms with Crippen LogP contribution in [0.1, 0.15) is 120 Å². The van der Waals surface area contributed by atoms with E-state index in [1.54, 1.807) is 6.92 Å². The van der Waals surface area contributed by atoms with Crippen molar-refractivity contribution in [3.63, 3.8) is 0 Å². The zero-order chi connectivity index (χ0) is 38.7. The third kappa shape index (κ3) is 17.0. The van der Waals surface area contributed by atoms with Gasteiger partial charge in [-0.05, 0) is 50.4 Å². The van der Waals surface area contributed by atoms with E-state index in [9.17, 15) is 39.0 Å². The number of ether oxygens (including phenoxy) is 1. The lowest BCUT2D eigenvalue weighted by Gasteiger charge is -2.29. The Balaban J connectivity index is 3.64. The number of esters is 1. The molecule has 0 aromatic rings. The smallest absolute Gasteiger partial charge is 0.329 e. The number of rotatable bonds is 15. The van der Waals surface area contributed by atoms with E-state index in [0.717, 1.165) is 32.1 Å². The molecule has 14 heteroatoms. The molecule has 5 amide bonds. The first-order chi connectivity index (χ1) is 24.0. The Labute approximate surface area is 304 Å². The average molecular weight is 724 g/mol. The number of unbranched alkanes of at least 4 members (excludes halogenated alkanes) is 4. The molecular weight excluding hydrogens is 658 g/mol. The maximum absolute atomic E-state index is 13.8. The van der Waals surface area contributed by atoms with Crippen LogP contribution in [0.4, 0.5) is 0 Å². The molecule has 3 unspecified atom stereocenters. The minimum atomic E-state index is -1.56. The molecule has 0 spiro atoms. The molecule has 1 heterocycles. The van der Waals surface area contributed by atoms with E-state index < -0.39 is 84.5 Å². The second-order valence-electron chi connectivity index (χ2n) is 14.6. The normalized spacial score (nSPS) is 26.3. The van der Waals surface area contributed by atoms with Crippen molar-refractivity contribution in [3.8, 4) is 0 Å². The zero-order valence-electron chi connectivity index (χ0n) is 32.0. The molecule has 0 bridgehead atoms. The molecule has 1 rings (SSSR count). The quantitative estimate of drug-likeness (QED) is 0.0749. The molecule has 1 saturated heterocycles. The van der Waals surface area contributed by atoms with Crippen molar-refractivity contribution in [3.05, 3.63) is 12.2 Å². The van der Waals surface area contributed by atoms with Crippen LogP contribution >= 0.6 is 0 Å². The highest BCUT2D eigenvalue weighted by atomic mass is 16.5. The predicted octanol–water partition coefficient (Wildman–Crippen LogP) is 2.15. The van der Waals surface area contributed by atoms with Gasteiger partial charge in [0.1, 0.15) is 36.3 Å². The van der Waals surface area contributed by atoms with Gasteiger partial charge in [-0.2, -0.15) is 0 Å². The van der Waals surface area contributed by atoms with Gasteiger partial charge >= 0.3 is 5.97 Å². The number of allylic oxidation sites excluding steroid dienone is 1. The lowest BCUT2D eigenvalue weighted by Crippen LogP contribution is -2.62. The molecule has 14 nitrogen and oxygen atoms in total. The van der Waals surface area contributed by atoms with Gasteiger partial charge in [0.2, 0.25) is 29.5 Å². The van der Waals surface area contributed by atoms with Crippen LogP contribution in [0.2, 0.25) is 0 Å². The minimum absolute atomic E-state index is 0.0599. The minimum Gasteiger partial charge on any atom is -0.460 e. The molecule has 1 aliphatic rings. The van der Waals surface area contributed by atoms with Gasteiger partial charge in [-0.15, -0.1) is 0 Å². The second kappa shape index (κ2) is 23.9. The standard InChI is InChI=1S/C37H65N5O9/c1-9-11-12-13-14-15-16-17-26-20-30(45)38-27(18-22(3)4)33(46)40-29(21-43)35(48)42-32(25(8)44)36(49)39-28(19-23(5)6)34(47)41-31(24(7)10-2)37(50)51-26/h15-16,22-29,31-32,43-44H,9-14,17-21H2,1-8H3,(H,38,45)(H,39,49)(H,40,46)(H,41,47)(H,42,48)/b16-15-/t24-,25+,26?,27+,28+,29?,31?,32-/m0/s1. The third-order valence-electron chi connectivity index (χ3n) is 8.83. The molecule has 1 aliphatic heterocycles. The second-order valence-corrected chi connectivity index (χ2v) is 14.6. The summed E-state index contributed by atoms with van der Waals surface area (Å²) in [6, 6.07) is -6.46. The molecule has 8 atom stereocenters. The largest absolute Gasteiger partial charge is 0.460 e. The van der Waals surface area contributed by atoms with Crippen molar-refractivity contribution in [1.29, 1.82) is 0 Å². The Kier molecular flexibility index (Phi) is 21.3. The molecule has 1 fully saturated rings. The predicted molar refractivity (Wildman–Crippen MR) is 194 cm³/mol. The molecule has 292 valence electrons. The van der Waals surface area contributed by atoms with E-state index in [4.69, 9.17) is 4.74 Å². The first-order valence-electron chi connectivity index (χ1n) is 18.7. The van der Waals surface area contributed by atoms with Crippen molar-refractivity contribution >= 4 is 35.5 Å². The summed E-state index contributed by atoms with van der Waals surface area (Å²) in [5, 5.41) is 33.4. The van der Waals surface area contributed by atoms with E-state index >= 15 is 0 Å². The first-order valence-corrected chi connectivity index (χ1v) is 18.7. The van der Waals surface area contributed by atoms with Crippen LogP contribution in [0, 0.1) is 17.8 Å². The lowest BCUT2D eigenvalue weighted by atomic mass is 9.97. The fourth-order valence-corrected chi connectivity index (χ4v) is 5.64. The Bertz CT molecular complexity index is 1160. The van der Waals surface area contributed by atoms with Crippen LogP contribution in [0.25, 0.3) is 0 Å². The maximum atomic E-state index is 13.8. The summed E-state index contributed by atoms with van der Waals surface area (Å²) in [6.45, 7) is 13.6. The topological polar surface area (TPSA) is 212 Å². The SMILES string of the molecule is CCCCCC/C=C\CC1CC(=O)N[C@H](CC(C)C)C(=O)NC(CO)C(=O)N[C@@H]([C@@H](C)O)C(=O)N[C@H](CC(C)C)C(=O)NC([C@@H](C)CC)C(=O)O1. The van der Waals surface area contributed by atoms with Crippen molar-refractivity contribution in [2.75, 3.05) is 6.61 Å². The van der Waals surface area contributed by atoms with Gasteiger partial charge in [-0.3, -0.25) is 24.0 Å². The van der Waals surface area contributed by atoms with E-state index in [2.05, 4.69) is 33.5 Å². The van der Waals surface area contributed by atoms with Crippen LogP contribution in [0.5, 0.6) is 0 Å². The van der Waals surface area contributed by atoms with Gasteiger partial charge < -0.3 is 41.5 Å². The molecule has 0 radical (unpaired) electrons. The van der Waals surface area contributed by atoms with Gasteiger partial charge in [0.25, 0.3) is 0 Å². The summed E-state index contributed by atoms with van der Waals surface area (Å²) in [5.41, 5.74) is 0. The monoisotopic (exact) mass is 723 g/mol. The van der Waals surface area contributed by atoms with Crippen molar-refractivity contribution in [2.24, 2.45) is 17.8 Å². The Morgan fingerprint density at radius 2 is 1.25 bits per heavy atom. The molecule has 51 heavy (non-hydrogen) atoms. The Hall–Kier alpha value is -3.52. The summed E-state index contributed by atoms with van der Waals surface area (Å²) in [7, 11) is 0. The number of aliphatic hydroxyl groups is 2. The van der Waals surface area contributed by atoms with E-state index in [1.165, 1.54) is 6.92 Å². The fraction of sp³-hybridized carbons (Fsp3) is 0.784. The van der Waals surface area contributed by atoms with Gasteiger partial charge in [0, 0.05) is 6.42 Å². The molecule has 0 aromatic heterocycles. The number of nitrogens with one attached hydrogen (secondary N) is 5. The number of carbonyl (C=O) groups is 6. The van der Waals surface area contributed by atoms with Gasteiger partial charge in [-0.25, -0.2) is 4.79 Å². The first kappa shape index (κ1) is 45.5. The van der Waals surface area contributed by atoms with Gasteiger partial charge in [0.05, 0.1) is 19.1 Å². The van der Waals surface area contributed by atoms with Crippen LogP contribution < -0.4 is 26.6 Å². The fourth-order valence-electron chi connectivity index (χ4n) is 5.64. The molecule has 7 N–H and O–H groups in total. The summed E-state index contributed by atoms with van der Waals surface area (Å²) in [6.07, 6.45) is 7.45. The average Bonchev–Trinajstić information content (AvgIpc) is 3.05. The maximum Gasteiger partial charge on any atom is 0.329 e. The van der Waals surface area contributed by atoms with Gasteiger partial charge in [-0.1, -0.05) is 86.3 Å². The summed E-state index contributed by atoms with van der Waals surface area (Å²) in [5.74, 6) is -5.08. The van der Waals surface area contributed by atoms with Crippen LogP contribution in [0.3, 0.4) is 0 Å². The van der Waals surface area contributed by atoms with E-state index in [-0.39, 0.29) is 43.4 Å². The lowest BCUT2D eigenvalue weighted by molar-refractivity contribution is -0.156. The van der Waals surface area contributed by atoms with Crippen molar-refractivity contribution in [1.82, 2.24) is 26.6 Å². The summed E-state index contributed by atoms with van der Waals surface area (Å²) < 4.78 is 5.92. The summed E-state index contributed by atoms with van der Waals surface area (Å²) in [4.78, 5) is 81.1. The molecule has 0 aromatic carbocycles. The van der Waals surface area contributed by atoms with Gasteiger partial charge in [0.15, 0.2) is 0 Å². The number of hydrogen-bond acceptors (Lipinski definition) is 9. The van der Waals surface area contributed by atoms with E-state index in [1.807, 2.05) is 46.8 Å². The van der Waals surface area contributed by atoms with Crippen molar-refractivity contribution in [2.45, 2.75) is 162 Å². The number of hydrogen-bond donors (Lipinski definition) is 7.